The van der Waals surface area contributed by atoms with Crippen LogP contribution < -0.4 is 46.6 Å². The van der Waals surface area contributed by atoms with Crippen LogP contribution in [0, 0.1) is 20.2 Å². The number of Topliss-reactive ketones (excluding diaryl/α,β-unsaturated/α-hetero) is 1. The molecule has 147 heavy (non-hydrogen) atoms. The SMILES string of the molecule is C1=CN=C(c2ccccc2)C1.CCC(C(=O)OC)N(NC(=O)OC(C)(C)C)c1nc(-n2ccnc2-c2ccccc2)ncc1[N+](=O)[O-].CCC(C(=O)OC)N(NC(=O)OC(C)(C)C)c1nc(Cl)ncc1[N+](=O)[O-].CCC1C(=O)Cc2cnc(-n3ccnc3-c3ccccc3)nc2N1NC(=O)OC(C)(C)C.CCC1C(=O)N(C)c2cnc(-n3ccnc3-c3ccccc3)nc2N1NC(=O)OC(C)(C)C.CP(C)(C)(OO)OO.[Fe]. The van der Waals surface area contributed by atoms with E-state index >= 15 is 0 Å². The minimum atomic E-state index is -2.99. The van der Waals surface area contributed by atoms with E-state index in [1.54, 1.807) is 156 Å². The zero-order chi connectivity index (χ0) is 108. The van der Waals surface area contributed by atoms with Crippen LogP contribution in [0.25, 0.3) is 52.0 Å². The number of carbonyl (C=O) groups excluding carboxylic acids is 8. The van der Waals surface area contributed by atoms with Gasteiger partial charge in [-0.3, -0.25) is 58.5 Å². The summed E-state index contributed by atoms with van der Waals surface area (Å²) in [7, 11) is 1.01. The molecule has 4 aromatic carbocycles. The average molecular weight is 2110 g/mol. The second kappa shape index (κ2) is 51.3. The third-order valence-electron chi connectivity index (χ3n) is 20.2. The molecule has 0 saturated heterocycles. The molecule has 0 fully saturated rings. The van der Waals surface area contributed by atoms with Crippen molar-refractivity contribution in [2.75, 3.05) is 66.2 Å². The van der Waals surface area contributed by atoms with E-state index in [-0.39, 0.29) is 70.9 Å². The van der Waals surface area contributed by atoms with E-state index < -0.39 is 111 Å². The fraction of sp³-hybridized carbons (Fsp3) is 0.375. The van der Waals surface area contributed by atoms with Crippen LogP contribution in [0.1, 0.15) is 154 Å². The monoisotopic (exact) mass is 2110 g/mol. The number of aromatic nitrogens is 14. The maximum atomic E-state index is 13.0. The second-order valence-corrected chi connectivity index (χ2v) is 42.7. The number of rotatable bonds is 25. The zero-order valence-corrected chi connectivity index (χ0v) is 87.9. The second-order valence-electron chi connectivity index (χ2n) is 37.0. The number of esters is 2. The van der Waals surface area contributed by atoms with Crippen LogP contribution >= 0.6 is 18.7 Å². The Bertz CT molecular complexity index is 6450. The van der Waals surface area contributed by atoms with E-state index in [0.29, 0.717) is 65.1 Å². The molecule has 4 unspecified atom stereocenters. The number of ketones is 1. The number of benzene rings is 4. The Balaban J connectivity index is 0.000000225. The minimum Gasteiger partial charge on any atom is 0 e. The average Bonchev–Trinajstić information content (AvgIpc) is 1.75. The van der Waals surface area contributed by atoms with Gasteiger partial charge in [0.2, 0.25) is 34.8 Å². The molecule has 3 aliphatic heterocycles. The molecule has 3 aliphatic rings. The van der Waals surface area contributed by atoms with E-state index in [4.69, 9.17) is 60.5 Å². The van der Waals surface area contributed by atoms with Gasteiger partial charge in [-0.1, -0.05) is 155 Å². The summed E-state index contributed by atoms with van der Waals surface area (Å²) in [5.74, 6) is 1.12. The van der Waals surface area contributed by atoms with E-state index in [1.807, 2.05) is 129 Å². The number of carbonyl (C=O) groups is 8. The van der Waals surface area contributed by atoms with Gasteiger partial charge in [-0.05, 0) is 126 Å². The Kier molecular flexibility index (Phi) is 40.7. The van der Waals surface area contributed by atoms with Crippen molar-refractivity contribution in [1.29, 1.82) is 0 Å². The van der Waals surface area contributed by atoms with Crippen LogP contribution in [-0.4, -0.2) is 230 Å². The first-order chi connectivity index (χ1) is 68.9. The van der Waals surface area contributed by atoms with Gasteiger partial charge in [0.1, 0.15) is 82.1 Å². The number of likely N-dealkylation sites (N-methyl/N-ethyl adjacent to an activating group) is 1. The standard InChI is InChI=1S/C23H27N7O6.C23H27N7O3.C23H26N6O3.C14H20ClN5O6.C10H9N.C3H11O4P.Fe/c1-6-16(20(31)35-5)29(27-22(32)36-23(2,3)4)19-17(30(33)34)14-25-21(26-19)28-13-12-24-18(28)15-10-8-7-9-11-15;1-6-16-20(31)28(5)17-14-25-21(26-19(17)30(16)27-22(32)33-23(2,3)4)29-13-12-24-18(29)15-10-8-7-9-11-15;1-5-17-18(30)13-16-14-25-21(26-20(16)29(17)27-22(31)32-23(2,3)4)28-12-11-24-19(28)15-9-7-6-8-10-15;1-6-8(11(21)25-5)19(18-13(22)26-14(2,3)4)10-9(20(23)24)7-16-12(15)17-10;1-2-5-9(6-3-1)10-7-4-8-11-10;1-8(2,3,6-4)7-5;/h7-14,16H,6H2,1-5H3,(H,27,32);7-14,16H,6H2,1-5H3,(H,27,32);6-12,14,17H,5,13H2,1-4H3,(H,27,31);7-8H,6H2,1-5H3,(H,18,22);1-6,8H,7H2;4-5H,1-3H3;. The predicted octanol–water partition coefficient (Wildman–Crippen LogP) is 16.1. The van der Waals surface area contributed by atoms with Crippen LogP contribution in [0.15, 0.2) is 201 Å². The normalized spacial score (nSPS) is 14.2. The van der Waals surface area contributed by atoms with Gasteiger partial charge in [0, 0.05) is 109 Å². The van der Waals surface area contributed by atoms with Crippen LogP contribution in [0.4, 0.5) is 59.5 Å². The zero-order valence-electron chi connectivity index (χ0n) is 85.1. The summed E-state index contributed by atoms with van der Waals surface area (Å²) in [5, 5.41) is 44.0. The molecule has 11 aromatic rings. The number of fused-ring (bicyclic) bond motifs is 2. The summed E-state index contributed by atoms with van der Waals surface area (Å²) in [6, 6.07) is 35.5. The number of hydrazine groups is 4. The molecule has 10 heterocycles. The number of nitrogens with zero attached hydrogens (tertiary/aromatic N) is 22. The first-order valence-corrected chi connectivity index (χ1v) is 49.4. The smallest absolute Gasteiger partial charge is 0 e. The van der Waals surface area contributed by atoms with Gasteiger partial charge >= 0.3 is 94.6 Å². The van der Waals surface area contributed by atoms with Gasteiger partial charge in [-0.15, -0.1) is 0 Å². The Labute approximate surface area is 863 Å². The minimum absolute atomic E-state index is 0. The summed E-state index contributed by atoms with van der Waals surface area (Å²) in [4.78, 5) is 175. The summed E-state index contributed by atoms with van der Waals surface area (Å²) in [6.07, 6.45) is 18.2. The van der Waals surface area contributed by atoms with Gasteiger partial charge in [0.25, 0.3) is 5.91 Å². The van der Waals surface area contributed by atoms with Crippen molar-refractivity contribution < 1.29 is 114 Å². The molecule has 0 bridgehead atoms. The third-order valence-corrected chi connectivity index (χ3v) is 21.5. The van der Waals surface area contributed by atoms with E-state index in [9.17, 15) is 58.6 Å². The Morgan fingerprint density at radius 1 is 0.503 bits per heavy atom. The molecule has 5 amide bonds. The molecular formula is C96H120ClFeN26O22P. The number of nitro groups is 2. The van der Waals surface area contributed by atoms with Crippen molar-refractivity contribution in [3.8, 4) is 52.0 Å². The molecule has 48 nitrogen and oxygen atoms in total. The Morgan fingerprint density at radius 3 is 1.22 bits per heavy atom. The largest absolute Gasteiger partial charge is 0 e. The van der Waals surface area contributed by atoms with Crippen LogP contribution in [0.2, 0.25) is 5.28 Å². The number of halogens is 1. The van der Waals surface area contributed by atoms with Crippen molar-refractivity contribution in [1.82, 2.24) is 90.2 Å². The quantitative estimate of drug-likeness (QED) is 0.00452. The molecule has 7 aromatic heterocycles. The van der Waals surface area contributed by atoms with Crippen LogP contribution in [-0.2, 0) is 80.4 Å². The van der Waals surface area contributed by atoms with Crippen molar-refractivity contribution in [2.24, 2.45) is 4.99 Å². The number of anilines is 5. The van der Waals surface area contributed by atoms with E-state index in [1.165, 1.54) is 64.1 Å². The molecule has 0 radical (unpaired) electrons. The number of imidazole rings is 3. The topological polar surface area (TPSA) is 570 Å². The van der Waals surface area contributed by atoms with Crippen LogP contribution in [0.3, 0.4) is 0 Å². The number of allylic oxidation sites excluding steroid dienone is 1. The summed E-state index contributed by atoms with van der Waals surface area (Å²) < 4.78 is 43.8. The molecule has 4 atom stereocenters. The van der Waals surface area contributed by atoms with Gasteiger partial charge in [-0.2, -0.15) is 19.9 Å². The first kappa shape index (κ1) is 117. The number of nitrogens with one attached hydrogen (secondary N) is 4. The molecule has 0 aliphatic carbocycles. The Morgan fingerprint density at radius 2 is 0.864 bits per heavy atom. The number of aliphatic imine (C=N–C) groups is 1. The fourth-order valence-corrected chi connectivity index (χ4v) is 13.9. The first-order valence-electron chi connectivity index (χ1n) is 45.6. The van der Waals surface area contributed by atoms with E-state index in [2.05, 4.69) is 99.1 Å². The fourth-order valence-electron chi connectivity index (χ4n) is 13.7. The maximum absolute atomic E-state index is 13.0. The number of amides is 5. The van der Waals surface area contributed by atoms with Gasteiger partial charge < -0.3 is 33.3 Å². The van der Waals surface area contributed by atoms with Gasteiger partial charge in [0.05, 0.1) is 36.0 Å². The number of hydrogen-bond donors (Lipinski definition) is 6. The van der Waals surface area contributed by atoms with Gasteiger partial charge in [0.15, 0.2) is 17.4 Å². The summed E-state index contributed by atoms with van der Waals surface area (Å²) in [5.41, 5.74) is 12.1. The van der Waals surface area contributed by atoms with Gasteiger partial charge in [-0.25, -0.2) is 95.4 Å². The third kappa shape index (κ3) is 32.5. The van der Waals surface area contributed by atoms with E-state index in [0.717, 1.165) is 52.6 Å². The number of hydrogen-bond acceptors (Lipinski definition) is 38. The molecule has 6 N–H and O–H groups in total. The Hall–Kier alpha value is -15.5. The molecule has 0 spiro atoms. The number of ether oxygens (including phenoxy) is 6. The maximum Gasteiger partial charge on any atom is 0 e. The summed E-state index contributed by atoms with van der Waals surface area (Å²) in [6.45, 7) is 32.1. The molecule has 51 heteroatoms. The molecular weight excluding hydrogens is 1990 g/mol. The number of methoxy groups -OCH3 is 2. The molecule has 14 rings (SSSR count). The summed E-state index contributed by atoms with van der Waals surface area (Å²) >= 11 is 5.74. The van der Waals surface area contributed by atoms with Crippen molar-refractivity contribution >= 4 is 113 Å². The van der Waals surface area contributed by atoms with Crippen LogP contribution in [0.5, 0.6) is 0 Å². The van der Waals surface area contributed by atoms with Crippen molar-refractivity contribution in [3.05, 3.63) is 232 Å². The van der Waals surface area contributed by atoms with Crippen molar-refractivity contribution in [3.63, 3.8) is 0 Å². The van der Waals surface area contributed by atoms with Crippen molar-refractivity contribution in [2.45, 2.75) is 196 Å². The molecule has 786 valence electrons. The molecule has 0 saturated carbocycles. The predicted molar refractivity (Wildman–Crippen MR) is 543 cm³/mol.